The Labute approximate surface area is 159 Å². The molecule has 1 aromatic rings. The molecule has 1 aliphatic heterocycles. The zero-order valence-electron chi connectivity index (χ0n) is 16.1. The Balaban J connectivity index is 1.91. The third-order valence-electron chi connectivity index (χ3n) is 6.13. The van der Waals surface area contributed by atoms with Crippen LogP contribution in [-0.4, -0.2) is 25.1 Å². The highest BCUT2D eigenvalue weighted by Crippen LogP contribution is 2.48. The first kappa shape index (κ1) is 19.7. The van der Waals surface area contributed by atoms with Crippen LogP contribution in [0.3, 0.4) is 0 Å². The molecule has 0 bridgehead atoms. The number of carbonyl (C=O) groups excluding carboxylic acids is 1. The van der Waals surface area contributed by atoms with E-state index in [-0.39, 0.29) is 34.8 Å². The van der Waals surface area contributed by atoms with E-state index in [9.17, 15) is 13.6 Å². The Morgan fingerprint density at radius 3 is 2.78 bits per heavy atom. The van der Waals surface area contributed by atoms with Crippen LogP contribution in [0.15, 0.2) is 36.4 Å². The van der Waals surface area contributed by atoms with Crippen LogP contribution in [0.5, 0.6) is 5.75 Å². The Bertz CT molecular complexity index is 786. The van der Waals surface area contributed by atoms with Gasteiger partial charge in [-0.25, -0.2) is 8.78 Å². The van der Waals surface area contributed by atoms with Gasteiger partial charge in [0.15, 0.2) is 17.3 Å². The van der Waals surface area contributed by atoms with E-state index in [1.165, 1.54) is 13.2 Å². The fourth-order valence-electron chi connectivity index (χ4n) is 4.38. The number of methoxy groups -OCH3 is 1. The molecule has 1 unspecified atom stereocenters. The van der Waals surface area contributed by atoms with Crippen molar-refractivity contribution in [1.82, 2.24) is 0 Å². The van der Waals surface area contributed by atoms with Gasteiger partial charge in [0, 0.05) is 12.0 Å². The van der Waals surface area contributed by atoms with Crippen LogP contribution in [0.1, 0.15) is 32.3 Å². The number of rotatable bonds is 6. The Morgan fingerprint density at radius 2 is 2.11 bits per heavy atom. The van der Waals surface area contributed by atoms with E-state index < -0.39 is 17.2 Å². The number of fused-ring (bicyclic) bond motifs is 1. The van der Waals surface area contributed by atoms with Crippen LogP contribution in [0, 0.1) is 29.4 Å². The van der Waals surface area contributed by atoms with E-state index in [1.54, 1.807) is 12.2 Å². The average molecular weight is 376 g/mol. The summed E-state index contributed by atoms with van der Waals surface area (Å²) in [5.41, 5.74) is 0.649. The standard InChI is InChI=1S/C22H26F2O3/c1-5-13(2)17-12-22(16(6-7-27-22)10-20(17)25)14(3)8-15-9-19(24)21(26-4)11-18(15)23/h5,9-11,13-14,17H,1,6-8,12H2,2-4H3/t13?,14-,17-,22-/m1/s1. The van der Waals surface area contributed by atoms with E-state index >= 15 is 0 Å². The highest BCUT2D eigenvalue weighted by atomic mass is 19.1. The molecule has 0 N–H and O–H groups in total. The lowest BCUT2D eigenvalue weighted by Crippen LogP contribution is -2.46. The van der Waals surface area contributed by atoms with Crippen molar-refractivity contribution < 1.29 is 23.0 Å². The first-order chi connectivity index (χ1) is 12.8. The molecule has 4 atom stereocenters. The van der Waals surface area contributed by atoms with Crippen molar-refractivity contribution in [1.29, 1.82) is 0 Å². The molecule has 146 valence electrons. The summed E-state index contributed by atoms with van der Waals surface area (Å²) >= 11 is 0. The van der Waals surface area contributed by atoms with Gasteiger partial charge in [0.1, 0.15) is 5.82 Å². The number of ketones is 1. The fraction of sp³-hybridized carbons (Fsp3) is 0.500. The molecule has 0 amide bonds. The van der Waals surface area contributed by atoms with Crippen molar-refractivity contribution in [3.8, 4) is 5.75 Å². The van der Waals surface area contributed by atoms with Gasteiger partial charge in [0.25, 0.3) is 0 Å². The van der Waals surface area contributed by atoms with Crippen molar-refractivity contribution in [2.45, 2.75) is 38.7 Å². The number of benzene rings is 1. The Hall–Kier alpha value is -2.01. The molecule has 0 radical (unpaired) electrons. The molecule has 0 aromatic heterocycles. The highest BCUT2D eigenvalue weighted by molar-refractivity contribution is 5.94. The van der Waals surface area contributed by atoms with Crippen LogP contribution >= 0.6 is 0 Å². The van der Waals surface area contributed by atoms with Crippen LogP contribution in [0.25, 0.3) is 0 Å². The number of hydrogen-bond donors (Lipinski definition) is 0. The zero-order chi connectivity index (χ0) is 19.8. The third kappa shape index (κ3) is 3.45. The molecule has 1 aromatic carbocycles. The summed E-state index contributed by atoms with van der Waals surface area (Å²) in [6, 6.07) is 2.27. The van der Waals surface area contributed by atoms with Gasteiger partial charge in [0.05, 0.1) is 19.3 Å². The van der Waals surface area contributed by atoms with Gasteiger partial charge < -0.3 is 9.47 Å². The molecule has 0 saturated carbocycles. The summed E-state index contributed by atoms with van der Waals surface area (Å²) < 4.78 is 39.5. The van der Waals surface area contributed by atoms with Gasteiger partial charge in [-0.05, 0) is 54.4 Å². The molecule has 1 aliphatic carbocycles. The minimum atomic E-state index is -0.612. The summed E-state index contributed by atoms with van der Waals surface area (Å²) in [5, 5.41) is 0. The number of hydrogen-bond acceptors (Lipinski definition) is 3. The van der Waals surface area contributed by atoms with E-state index in [4.69, 9.17) is 9.47 Å². The van der Waals surface area contributed by atoms with Crippen molar-refractivity contribution >= 4 is 5.78 Å². The van der Waals surface area contributed by atoms with Crippen molar-refractivity contribution in [3.05, 3.63) is 53.6 Å². The predicted molar refractivity (Wildman–Crippen MR) is 99.6 cm³/mol. The minimum absolute atomic E-state index is 0.0266. The van der Waals surface area contributed by atoms with E-state index in [1.807, 2.05) is 13.8 Å². The quantitative estimate of drug-likeness (QED) is 0.678. The van der Waals surface area contributed by atoms with Gasteiger partial charge in [0.2, 0.25) is 0 Å². The lowest BCUT2D eigenvalue weighted by atomic mass is 9.66. The minimum Gasteiger partial charge on any atom is -0.494 e. The highest BCUT2D eigenvalue weighted by Gasteiger charge is 2.50. The second-order valence-electron chi connectivity index (χ2n) is 7.65. The molecular weight excluding hydrogens is 350 g/mol. The van der Waals surface area contributed by atoms with Crippen molar-refractivity contribution in [3.63, 3.8) is 0 Å². The molecule has 1 saturated heterocycles. The number of allylic oxidation sites excluding steroid dienone is 2. The molecule has 3 rings (SSSR count). The molecule has 1 heterocycles. The van der Waals surface area contributed by atoms with E-state index in [0.717, 1.165) is 11.6 Å². The van der Waals surface area contributed by atoms with Crippen LogP contribution in [0.2, 0.25) is 0 Å². The SMILES string of the molecule is C=CC(C)[C@H]1C[C@]2([C@H](C)Cc3cc(F)c(OC)cc3F)OCCC2=CC1=O. The first-order valence-corrected chi connectivity index (χ1v) is 9.35. The third-order valence-corrected chi connectivity index (χ3v) is 6.13. The number of ether oxygens (including phenoxy) is 2. The maximum atomic E-state index is 14.4. The van der Waals surface area contributed by atoms with E-state index in [0.29, 0.717) is 25.9 Å². The monoisotopic (exact) mass is 376 g/mol. The molecule has 3 nitrogen and oxygen atoms in total. The Kier molecular flexibility index (Phi) is 5.52. The molecule has 2 aliphatic rings. The van der Waals surface area contributed by atoms with Crippen molar-refractivity contribution in [2.24, 2.45) is 17.8 Å². The molecule has 0 spiro atoms. The maximum Gasteiger partial charge on any atom is 0.165 e. The fourth-order valence-corrected chi connectivity index (χ4v) is 4.38. The van der Waals surface area contributed by atoms with Crippen LogP contribution in [-0.2, 0) is 16.0 Å². The second kappa shape index (κ2) is 7.55. The molecule has 27 heavy (non-hydrogen) atoms. The second-order valence-corrected chi connectivity index (χ2v) is 7.65. The summed E-state index contributed by atoms with van der Waals surface area (Å²) in [6.45, 7) is 8.30. The first-order valence-electron chi connectivity index (χ1n) is 9.35. The van der Waals surface area contributed by atoms with Gasteiger partial charge in [-0.15, -0.1) is 6.58 Å². The largest absolute Gasteiger partial charge is 0.494 e. The number of carbonyl (C=O) groups is 1. The molecular formula is C22H26F2O3. The smallest absolute Gasteiger partial charge is 0.165 e. The van der Waals surface area contributed by atoms with Crippen molar-refractivity contribution in [2.75, 3.05) is 13.7 Å². The lowest BCUT2D eigenvalue weighted by molar-refractivity contribution is -0.124. The molecule has 1 fully saturated rings. The summed E-state index contributed by atoms with van der Waals surface area (Å²) in [7, 11) is 1.31. The van der Waals surface area contributed by atoms with Gasteiger partial charge in [-0.1, -0.05) is 19.9 Å². The normalized spacial score (nSPS) is 26.9. The van der Waals surface area contributed by atoms with Gasteiger partial charge >= 0.3 is 0 Å². The topological polar surface area (TPSA) is 35.5 Å². The maximum absolute atomic E-state index is 14.4. The predicted octanol–water partition coefficient (Wildman–Crippen LogP) is 4.65. The summed E-state index contributed by atoms with van der Waals surface area (Å²) in [4.78, 5) is 12.5. The number of halogens is 2. The average Bonchev–Trinajstić information content (AvgIpc) is 3.06. The summed E-state index contributed by atoms with van der Waals surface area (Å²) in [6.07, 6.45) is 5.06. The lowest BCUT2D eigenvalue weighted by Gasteiger charge is -2.42. The zero-order valence-corrected chi connectivity index (χ0v) is 16.1. The van der Waals surface area contributed by atoms with Gasteiger partial charge in [-0.2, -0.15) is 0 Å². The van der Waals surface area contributed by atoms with Gasteiger partial charge in [-0.3, -0.25) is 4.79 Å². The van der Waals surface area contributed by atoms with Crippen LogP contribution in [0.4, 0.5) is 8.78 Å². The Morgan fingerprint density at radius 1 is 1.37 bits per heavy atom. The molecule has 5 heteroatoms. The van der Waals surface area contributed by atoms with Crippen LogP contribution < -0.4 is 4.74 Å². The van der Waals surface area contributed by atoms with E-state index in [2.05, 4.69) is 6.58 Å². The summed E-state index contributed by atoms with van der Waals surface area (Å²) in [5.74, 6) is -1.37.